The zero-order valence-corrected chi connectivity index (χ0v) is 53.1. The molecule has 94 heavy (non-hydrogen) atoms. The first-order chi connectivity index (χ1) is 45.6. The van der Waals surface area contributed by atoms with Crippen LogP contribution in [0.15, 0.2) is 184 Å². The fourth-order valence-electron chi connectivity index (χ4n) is 8.21. The van der Waals surface area contributed by atoms with E-state index < -0.39 is 47.8 Å². The van der Waals surface area contributed by atoms with Crippen LogP contribution < -0.4 is 37.9 Å². The molecule has 0 aliphatic carbocycles. The van der Waals surface area contributed by atoms with Crippen molar-refractivity contribution < 1.29 is 95.2 Å². The highest BCUT2D eigenvalue weighted by atomic mass is 16.6. The summed E-state index contributed by atoms with van der Waals surface area (Å²) < 4.78 is 64.7. The van der Waals surface area contributed by atoms with Gasteiger partial charge in [0.2, 0.25) is 0 Å². The van der Waals surface area contributed by atoms with Gasteiger partial charge in [-0.2, -0.15) is 0 Å². The molecule has 6 aromatic carbocycles. The number of rotatable bonds is 40. The molecule has 0 heterocycles. The fourth-order valence-corrected chi connectivity index (χ4v) is 8.21. The van der Waals surface area contributed by atoms with Gasteiger partial charge in [0, 0.05) is 24.3 Å². The minimum Gasteiger partial charge on any atom is -0.494 e. The number of benzene rings is 6. The van der Waals surface area contributed by atoms with Crippen molar-refractivity contribution in [2.24, 2.45) is 0 Å². The van der Waals surface area contributed by atoms with E-state index in [9.17, 15) is 38.4 Å². The van der Waals surface area contributed by atoms with Crippen molar-refractivity contribution in [3.8, 4) is 46.0 Å². The summed E-state index contributed by atoms with van der Waals surface area (Å²) in [6, 6.07) is 36.1. The van der Waals surface area contributed by atoms with Crippen LogP contribution >= 0.6 is 0 Å². The maximum absolute atomic E-state index is 12.8. The van der Waals surface area contributed by atoms with E-state index in [0.717, 1.165) is 75.7 Å². The number of ether oxygens (including phenoxy) is 12. The number of carbonyl (C=O) groups is 8. The zero-order chi connectivity index (χ0) is 67.7. The fraction of sp³-hybridized carbons (Fsp3) is 0.297. The number of hydrogen-bond donors (Lipinski definition) is 0. The highest BCUT2D eigenvalue weighted by Crippen LogP contribution is 2.28. The maximum atomic E-state index is 12.8. The Kier molecular flexibility index (Phi) is 33.3. The average Bonchev–Trinajstić information content (AvgIpc) is 0.904. The predicted molar refractivity (Wildman–Crippen MR) is 350 cm³/mol. The maximum Gasteiger partial charge on any atom is 0.343 e. The quantitative estimate of drug-likeness (QED) is 0.0114. The van der Waals surface area contributed by atoms with Crippen LogP contribution in [0.5, 0.6) is 46.0 Å². The molecule has 496 valence electrons. The van der Waals surface area contributed by atoms with Crippen LogP contribution in [0, 0.1) is 13.8 Å². The van der Waals surface area contributed by atoms with E-state index in [1.807, 2.05) is 0 Å². The number of esters is 8. The Morgan fingerprint density at radius 1 is 0.277 bits per heavy atom. The van der Waals surface area contributed by atoms with E-state index >= 15 is 0 Å². The summed E-state index contributed by atoms with van der Waals surface area (Å²) in [5.41, 5.74) is 2.65. The first kappa shape index (κ1) is 74.0. The van der Waals surface area contributed by atoms with Crippen LogP contribution in [0.4, 0.5) is 0 Å². The molecule has 0 bridgehead atoms. The molecular formula is C74H80O20. The van der Waals surface area contributed by atoms with Gasteiger partial charge in [0.05, 0.1) is 75.1 Å². The Balaban J connectivity index is 0.000000342. The van der Waals surface area contributed by atoms with E-state index in [4.69, 9.17) is 56.8 Å². The molecule has 6 aromatic rings. The van der Waals surface area contributed by atoms with Crippen LogP contribution in [-0.4, -0.2) is 101 Å². The highest BCUT2D eigenvalue weighted by Gasteiger charge is 2.17. The third-order valence-corrected chi connectivity index (χ3v) is 13.4. The standard InChI is InChI=1S/C39H44O10.C35H36O10/c1-4-36(40)46-26-12-8-6-10-24-44-32-18-14-30(15-19-32)38(42)48-34-22-23-35(29(3)28-34)49-39(43)31-16-20-33(21-17-31)45-25-11-7-9-13-27-47-37(41)5-2;1-4-32(36)42-22-8-6-20-40-28-14-10-26(11-15-28)34(38)44-30-18-19-31(25(3)24-30)45-35(39)27-12-16-29(17-13-27)41-21-7-9-23-43-33(37)5-2/h4-5,14-23,28H,1-2,6-13,24-27H2,3H3;4-5,10-19,24H,1-2,6-9,20-23H2,3H3. The van der Waals surface area contributed by atoms with Crippen molar-refractivity contribution in [3.63, 3.8) is 0 Å². The molecule has 0 atom stereocenters. The summed E-state index contributed by atoms with van der Waals surface area (Å²) in [6.07, 6.45) is 14.3. The summed E-state index contributed by atoms with van der Waals surface area (Å²) in [5, 5.41) is 0. The van der Waals surface area contributed by atoms with E-state index in [0.29, 0.717) is 158 Å². The summed E-state index contributed by atoms with van der Waals surface area (Å²) >= 11 is 0. The van der Waals surface area contributed by atoms with E-state index in [1.54, 1.807) is 147 Å². The third kappa shape index (κ3) is 28.6. The lowest BCUT2D eigenvalue weighted by Crippen LogP contribution is -2.11. The molecule has 20 heteroatoms. The van der Waals surface area contributed by atoms with E-state index in [1.165, 1.54) is 0 Å². The SMILES string of the molecule is C=CC(=O)OCCCCCCOc1ccc(C(=O)Oc2ccc(OC(=O)c3ccc(OCCCCCCOC(=O)C=C)cc3)c(C)c2)cc1.C=CC(=O)OCCCCOc1ccc(C(=O)Oc2ccc(OC(=O)c3ccc(OCCCCOC(=O)C=C)cc3)c(C)c2)cc1. The second-order valence-corrected chi connectivity index (χ2v) is 20.6. The molecule has 0 fully saturated rings. The molecule has 6 rings (SSSR count). The molecule has 20 nitrogen and oxygen atoms in total. The number of hydrogen-bond acceptors (Lipinski definition) is 20. The molecular weight excluding hydrogens is 1210 g/mol. The topological polar surface area (TPSA) is 247 Å². The van der Waals surface area contributed by atoms with Crippen molar-refractivity contribution >= 4 is 47.8 Å². The smallest absolute Gasteiger partial charge is 0.343 e. The van der Waals surface area contributed by atoms with Crippen molar-refractivity contribution in [1.29, 1.82) is 0 Å². The van der Waals surface area contributed by atoms with Crippen molar-refractivity contribution in [3.05, 3.63) is 217 Å². The van der Waals surface area contributed by atoms with Gasteiger partial charge in [0.15, 0.2) is 0 Å². The largest absolute Gasteiger partial charge is 0.494 e. The van der Waals surface area contributed by atoms with Crippen LogP contribution in [0.3, 0.4) is 0 Å². The lowest BCUT2D eigenvalue weighted by Gasteiger charge is -2.11. The second kappa shape index (κ2) is 42.3. The number of unbranched alkanes of at least 4 members (excludes halogenated alkanes) is 8. The number of carbonyl (C=O) groups excluding carboxylic acids is 8. The van der Waals surface area contributed by atoms with Crippen molar-refractivity contribution in [2.75, 3.05) is 52.9 Å². The highest BCUT2D eigenvalue weighted by molar-refractivity contribution is 5.93. The molecule has 0 unspecified atom stereocenters. The lowest BCUT2D eigenvalue weighted by atomic mass is 10.2. The normalized spacial score (nSPS) is 10.3. The van der Waals surface area contributed by atoms with Gasteiger partial charge in [-0.15, -0.1) is 0 Å². The van der Waals surface area contributed by atoms with Crippen LogP contribution in [0.25, 0.3) is 0 Å². The lowest BCUT2D eigenvalue weighted by molar-refractivity contribution is -0.138. The van der Waals surface area contributed by atoms with Gasteiger partial charge >= 0.3 is 47.8 Å². The minimum atomic E-state index is -0.548. The Bertz CT molecular complexity index is 3440. The monoisotopic (exact) mass is 1290 g/mol. The van der Waals surface area contributed by atoms with Gasteiger partial charge in [-0.3, -0.25) is 0 Å². The van der Waals surface area contributed by atoms with Gasteiger partial charge in [0.1, 0.15) is 46.0 Å². The molecule has 0 aromatic heterocycles. The van der Waals surface area contributed by atoms with E-state index in [-0.39, 0.29) is 0 Å². The predicted octanol–water partition coefficient (Wildman–Crippen LogP) is 14.0. The first-order valence-corrected chi connectivity index (χ1v) is 30.8. The zero-order valence-electron chi connectivity index (χ0n) is 53.1. The molecule has 0 saturated carbocycles. The van der Waals surface area contributed by atoms with Gasteiger partial charge in [-0.05, 0) is 235 Å². The van der Waals surface area contributed by atoms with Crippen LogP contribution in [0.1, 0.15) is 130 Å². The summed E-state index contributed by atoms with van der Waals surface area (Å²) in [6.45, 7) is 20.2. The molecule has 0 aliphatic heterocycles. The second-order valence-electron chi connectivity index (χ2n) is 20.6. The Hall–Kier alpha value is -10.8. The third-order valence-electron chi connectivity index (χ3n) is 13.4. The molecule has 0 radical (unpaired) electrons. The Morgan fingerprint density at radius 3 is 0.734 bits per heavy atom. The number of aryl methyl sites for hydroxylation is 2. The van der Waals surface area contributed by atoms with Gasteiger partial charge < -0.3 is 56.8 Å². The summed E-state index contributed by atoms with van der Waals surface area (Å²) in [4.78, 5) is 94.8. The van der Waals surface area contributed by atoms with Crippen molar-refractivity contribution in [1.82, 2.24) is 0 Å². The molecule has 0 aliphatic rings. The van der Waals surface area contributed by atoms with Crippen LogP contribution in [-0.2, 0) is 38.1 Å². The average molecular weight is 1290 g/mol. The van der Waals surface area contributed by atoms with Gasteiger partial charge in [-0.1, -0.05) is 26.3 Å². The van der Waals surface area contributed by atoms with Gasteiger partial charge in [-0.25, -0.2) is 38.4 Å². The Labute approximate surface area is 547 Å². The van der Waals surface area contributed by atoms with Gasteiger partial charge in [0.25, 0.3) is 0 Å². The molecule has 0 saturated heterocycles. The molecule has 0 spiro atoms. The summed E-state index contributed by atoms with van der Waals surface area (Å²) in [7, 11) is 0. The molecule has 0 N–H and O–H groups in total. The van der Waals surface area contributed by atoms with E-state index in [2.05, 4.69) is 26.3 Å². The van der Waals surface area contributed by atoms with Crippen molar-refractivity contribution in [2.45, 2.75) is 90.9 Å². The Morgan fingerprint density at radius 2 is 0.489 bits per heavy atom. The summed E-state index contributed by atoms with van der Waals surface area (Å²) in [5.74, 6) is -0.0633. The molecule has 0 amide bonds. The van der Waals surface area contributed by atoms with Crippen LogP contribution in [0.2, 0.25) is 0 Å². The first-order valence-electron chi connectivity index (χ1n) is 30.8. The minimum absolute atomic E-state index is 0.299.